The first-order chi connectivity index (χ1) is 8.84. The van der Waals surface area contributed by atoms with Gasteiger partial charge >= 0.3 is 0 Å². The Hall–Kier alpha value is -1.46. The van der Waals surface area contributed by atoms with Gasteiger partial charge in [-0.15, -0.1) is 10.2 Å². The van der Waals surface area contributed by atoms with Gasteiger partial charge in [0, 0.05) is 18.8 Å². The lowest BCUT2D eigenvalue weighted by atomic mass is 10.0. The largest absolute Gasteiger partial charge is 0.381 e. The molecule has 2 aromatic heterocycles. The van der Waals surface area contributed by atoms with Crippen LogP contribution < -0.4 is 5.32 Å². The van der Waals surface area contributed by atoms with Crippen LogP contribution in [-0.2, 0) is 11.3 Å². The van der Waals surface area contributed by atoms with E-state index in [1.165, 1.54) is 0 Å². The Morgan fingerprint density at radius 2 is 2.44 bits per heavy atom. The van der Waals surface area contributed by atoms with Crippen LogP contribution in [0.4, 0.5) is 0 Å². The normalized spacial score (nSPS) is 21.5. The van der Waals surface area contributed by atoms with E-state index in [4.69, 9.17) is 4.74 Å². The Bertz CT molecular complexity index is 518. The lowest BCUT2D eigenvalue weighted by Crippen LogP contribution is -2.33. The predicted molar refractivity (Wildman–Crippen MR) is 68.2 cm³/mol. The third-order valence-electron chi connectivity index (χ3n) is 3.64. The van der Waals surface area contributed by atoms with Gasteiger partial charge in [-0.2, -0.15) is 0 Å². The molecule has 2 unspecified atom stereocenters. The van der Waals surface area contributed by atoms with E-state index in [0.717, 1.165) is 37.7 Å². The van der Waals surface area contributed by atoms with Gasteiger partial charge in [-0.3, -0.25) is 4.40 Å². The first-order valence-corrected chi connectivity index (χ1v) is 6.44. The number of ether oxygens (including phenoxy) is 1. The van der Waals surface area contributed by atoms with Gasteiger partial charge < -0.3 is 10.1 Å². The minimum Gasteiger partial charge on any atom is -0.381 e. The molecule has 96 valence electrons. The Labute approximate surface area is 106 Å². The van der Waals surface area contributed by atoms with Gasteiger partial charge in [0.05, 0.1) is 13.2 Å². The fraction of sp³-hybridized carbons (Fsp3) is 0.538. The molecule has 1 aliphatic rings. The number of aromatic nitrogens is 3. The zero-order valence-corrected chi connectivity index (χ0v) is 10.5. The monoisotopic (exact) mass is 246 g/mol. The van der Waals surface area contributed by atoms with Crippen LogP contribution >= 0.6 is 0 Å². The second-order valence-electron chi connectivity index (χ2n) is 4.84. The van der Waals surface area contributed by atoms with E-state index < -0.39 is 0 Å². The molecule has 18 heavy (non-hydrogen) atoms. The zero-order valence-electron chi connectivity index (χ0n) is 10.5. The highest BCUT2D eigenvalue weighted by molar-refractivity contribution is 5.36. The summed E-state index contributed by atoms with van der Waals surface area (Å²) in [5, 5.41) is 11.9. The molecule has 0 saturated carbocycles. The molecular weight excluding hydrogens is 228 g/mol. The van der Waals surface area contributed by atoms with Gasteiger partial charge in [0.25, 0.3) is 0 Å². The summed E-state index contributed by atoms with van der Waals surface area (Å²) in [7, 11) is 0. The summed E-state index contributed by atoms with van der Waals surface area (Å²) < 4.78 is 7.43. The molecule has 1 saturated heterocycles. The zero-order chi connectivity index (χ0) is 12.4. The lowest BCUT2D eigenvalue weighted by Gasteiger charge is -2.18. The summed E-state index contributed by atoms with van der Waals surface area (Å²) in [6.45, 7) is 4.71. The van der Waals surface area contributed by atoms with Crippen LogP contribution in [0.15, 0.2) is 24.4 Å². The quantitative estimate of drug-likeness (QED) is 0.882. The highest BCUT2D eigenvalue weighted by Gasteiger charge is 2.22. The van der Waals surface area contributed by atoms with E-state index in [1.807, 2.05) is 28.8 Å². The van der Waals surface area contributed by atoms with Crippen LogP contribution in [-0.4, -0.2) is 33.9 Å². The highest BCUT2D eigenvalue weighted by atomic mass is 16.5. The summed E-state index contributed by atoms with van der Waals surface area (Å²) in [4.78, 5) is 0. The van der Waals surface area contributed by atoms with E-state index in [-0.39, 0.29) is 0 Å². The van der Waals surface area contributed by atoms with Gasteiger partial charge in [-0.25, -0.2) is 0 Å². The topological polar surface area (TPSA) is 51.5 Å². The summed E-state index contributed by atoms with van der Waals surface area (Å²) in [5.74, 6) is 1.57. The molecule has 2 aromatic rings. The molecule has 1 aliphatic heterocycles. The molecule has 0 bridgehead atoms. The van der Waals surface area contributed by atoms with Crippen LogP contribution in [0.25, 0.3) is 5.65 Å². The van der Waals surface area contributed by atoms with Crippen molar-refractivity contribution < 1.29 is 4.74 Å². The van der Waals surface area contributed by atoms with E-state index in [9.17, 15) is 0 Å². The maximum Gasteiger partial charge on any atom is 0.160 e. The van der Waals surface area contributed by atoms with Crippen molar-refractivity contribution in [3.05, 3.63) is 30.2 Å². The van der Waals surface area contributed by atoms with Crippen molar-refractivity contribution in [1.29, 1.82) is 0 Å². The molecule has 5 nitrogen and oxygen atoms in total. The fourth-order valence-corrected chi connectivity index (χ4v) is 2.38. The van der Waals surface area contributed by atoms with E-state index >= 15 is 0 Å². The minimum atomic E-state index is 0.448. The summed E-state index contributed by atoms with van der Waals surface area (Å²) in [6, 6.07) is 6.38. The molecule has 0 aliphatic carbocycles. The molecule has 0 spiro atoms. The Kier molecular flexibility index (Phi) is 3.25. The van der Waals surface area contributed by atoms with Crippen molar-refractivity contribution in [3.63, 3.8) is 0 Å². The molecule has 0 amide bonds. The van der Waals surface area contributed by atoms with Gasteiger partial charge in [0.2, 0.25) is 0 Å². The number of hydrogen-bond acceptors (Lipinski definition) is 4. The molecule has 0 aromatic carbocycles. The minimum absolute atomic E-state index is 0.448. The SMILES string of the molecule is CC(NCc1nnc2ccccn12)C1CCOC1. The maximum absolute atomic E-state index is 5.41. The number of pyridine rings is 1. The molecular formula is C13H18N4O. The van der Waals surface area contributed by atoms with E-state index in [0.29, 0.717) is 12.0 Å². The average molecular weight is 246 g/mol. The van der Waals surface area contributed by atoms with E-state index in [2.05, 4.69) is 22.4 Å². The summed E-state index contributed by atoms with van der Waals surface area (Å²) in [5.41, 5.74) is 0.895. The van der Waals surface area contributed by atoms with Crippen LogP contribution in [0.2, 0.25) is 0 Å². The maximum atomic E-state index is 5.41. The number of fused-ring (bicyclic) bond motifs is 1. The molecule has 3 rings (SSSR count). The fourth-order valence-electron chi connectivity index (χ4n) is 2.38. The van der Waals surface area contributed by atoms with Crippen molar-refractivity contribution in [1.82, 2.24) is 19.9 Å². The van der Waals surface area contributed by atoms with Crippen LogP contribution in [0.5, 0.6) is 0 Å². The number of nitrogens with one attached hydrogen (secondary N) is 1. The molecule has 5 heteroatoms. The van der Waals surface area contributed by atoms with Crippen LogP contribution in [0.3, 0.4) is 0 Å². The number of hydrogen-bond donors (Lipinski definition) is 1. The van der Waals surface area contributed by atoms with Crippen molar-refractivity contribution >= 4 is 5.65 Å². The summed E-state index contributed by atoms with van der Waals surface area (Å²) in [6.07, 6.45) is 3.14. The first-order valence-electron chi connectivity index (χ1n) is 6.44. The lowest BCUT2D eigenvalue weighted by molar-refractivity contribution is 0.178. The Balaban J connectivity index is 1.65. The molecule has 2 atom stereocenters. The second-order valence-corrected chi connectivity index (χ2v) is 4.84. The molecule has 1 N–H and O–H groups in total. The molecule has 1 fully saturated rings. The van der Waals surface area contributed by atoms with Gasteiger partial charge in [0.15, 0.2) is 11.5 Å². The Morgan fingerprint density at radius 1 is 1.50 bits per heavy atom. The van der Waals surface area contributed by atoms with Crippen molar-refractivity contribution in [3.8, 4) is 0 Å². The van der Waals surface area contributed by atoms with Crippen molar-refractivity contribution in [2.45, 2.75) is 25.9 Å². The predicted octanol–water partition coefficient (Wildman–Crippen LogP) is 1.24. The third kappa shape index (κ3) is 2.23. The first kappa shape index (κ1) is 11.6. The number of nitrogens with zero attached hydrogens (tertiary/aromatic N) is 3. The van der Waals surface area contributed by atoms with E-state index in [1.54, 1.807) is 0 Å². The van der Waals surface area contributed by atoms with Crippen LogP contribution in [0.1, 0.15) is 19.2 Å². The smallest absolute Gasteiger partial charge is 0.160 e. The average Bonchev–Trinajstić information content (AvgIpc) is 3.06. The van der Waals surface area contributed by atoms with Gasteiger partial charge in [-0.05, 0) is 31.4 Å². The second kappa shape index (κ2) is 5.04. The third-order valence-corrected chi connectivity index (χ3v) is 3.64. The van der Waals surface area contributed by atoms with Crippen molar-refractivity contribution in [2.24, 2.45) is 5.92 Å². The van der Waals surface area contributed by atoms with Gasteiger partial charge in [-0.1, -0.05) is 6.07 Å². The van der Waals surface area contributed by atoms with Gasteiger partial charge in [0.1, 0.15) is 0 Å². The van der Waals surface area contributed by atoms with Crippen molar-refractivity contribution in [2.75, 3.05) is 13.2 Å². The molecule has 3 heterocycles. The van der Waals surface area contributed by atoms with Crippen LogP contribution in [0, 0.1) is 5.92 Å². The molecule has 0 radical (unpaired) electrons. The standard InChI is InChI=1S/C13H18N4O/c1-10(11-5-7-18-9-11)14-8-13-16-15-12-4-2-3-6-17(12)13/h2-4,6,10-11,14H,5,7-9H2,1H3. The number of rotatable bonds is 4. The summed E-state index contributed by atoms with van der Waals surface area (Å²) >= 11 is 0. The highest BCUT2D eigenvalue weighted by Crippen LogP contribution is 2.16. The Morgan fingerprint density at radius 3 is 3.28 bits per heavy atom.